The number of likely N-dealkylation sites (tertiary alicyclic amines) is 1. The highest BCUT2D eigenvalue weighted by molar-refractivity contribution is 5.90. The molecule has 6 heteroatoms. The molecular formula is C15H22N4O2. The molecule has 1 aliphatic heterocycles. The molecule has 1 aromatic carbocycles. The topological polar surface area (TPSA) is 101 Å². The number of nitrogens with one attached hydrogen (secondary N) is 1. The van der Waals surface area contributed by atoms with Gasteiger partial charge in [-0.15, -0.1) is 0 Å². The number of primary amides is 1. The molecular weight excluding hydrogens is 268 g/mol. The van der Waals surface area contributed by atoms with Gasteiger partial charge in [-0.25, -0.2) is 4.79 Å². The lowest BCUT2D eigenvalue weighted by Crippen LogP contribution is -2.50. The maximum absolute atomic E-state index is 12.4. The third kappa shape index (κ3) is 3.72. The van der Waals surface area contributed by atoms with Crippen molar-refractivity contribution in [2.45, 2.75) is 32.4 Å². The lowest BCUT2D eigenvalue weighted by atomic mass is 9.93. The van der Waals surface area contributed by atoms with Crippen molar-refractivity contribution in [2.75, 3.05) is 11.9 Å². The van der Waals surface area contributed by atoms with Crippen molar-refractivity contribution in [2.24, 2.45) is 17.4 Å². The van der Waals surface area contributed by atoms with Crippen LogP contribution in [-0.2, 0) is 11.3 Å². The van der Waals surface area contributed by atoms with Crippen LogP contribution in [0.3, 0.4) is 0 Å². The van der Waals surface area contributed by atoms with Crippen LogP contribution in [-0.4, -0.2) is 29.4 Å². The molecule has 1 saturated heterocycles. The lowest BCUT2D eigenvalue weighted by Gasteiger charge is -2.36. The molecule has 6 nitrogen and oxygen atoms in total. The first-order valence-electron chi connectivity index (χ1n) is 7.17. The Morgan fingerprint density at radius 2 is 2.14 bits per heavy atom. The maximum atomic E-state index is 12.4. The predicted molar refractivity (Wildman–Crippen MR) is 81.4 cm³/mol. The predicted octanol–water partition coefficient (Wildman–Crippen LogP) is 1.26. The molecule has 2 unspecified atom stereocenters. The summed E-state index contributed by atoms with van der Waals surface area (Å²) in [6.45, 7) is 2.78. The molecule has 1 fully saturated rings. The first-order chi connectivity index (χ1) is 10.0. The Kier molecular flexibility index (Phi) is 4.80. The average molecular weight is 290 g/mol. The van der Waals surface area contributed by atoms with E-state index < -0.39 is 0 Å². The zero-order valence-corrected chi connectivity index (χ0v) is 12.2. The normalized spacial score (nSPS) is 21.9. The fourth-order valence-corrected chi connectivity index (χ4v) is 2.59. The summed E-state index contributed by atoms with van der Waals surface area (Å²) in [4.78, 5) is 25.4. The number of piperidine rings is 1. The van der Waals surface area contributed by atoms with E-state index in [0.717, 1.165) is 18.4 Å². The van der Waals surface area contributed by atoms with Crippen molar-refractivity contribution in [3.8, 4) is 0 Å². The number of amides is 3. The molecule has 2 rings (SSSR count). The minimum absolute atomic E-state index is 0.0956. The number of hydrogen-bond donors (Lipinski definition) is 3. The van der Waals surface area contributed by atoms with Crippen molar-refractivity contribution in [1.82, 2.24) is 4.90 Å². The summed E-state index contributed by atoms with van der Waals surface area (Å²) >= 11 is 0. The molecule has 1 aromatic rings. The second-order valence-corrected chi connectivity index (χ2v) is 5.51. The third-order valence-electron chi connectivity index (χ3n) is 3.96. The molecule has 0 saturated carbocycles. The molecule has 114 valence electrons. The molecule has 5 N–H and O–H groups in total. The molecule has 0 bridgehead atoms. The number of rotatable bonds is 3. The molecule has 1 heterocycles. The van der Waals surface area contributed by atoms with Gasteiger partial charge in [0, 0.05) is 24.8 Å². The van der Waals surface area contributed by atoms with Crippen molar-refractivity contribution in [3.63, 3.8) is 0 Å². The van der Waals surface area contributed by atoms with Gasteiger partial charge in [0.15, 0.2) is 0 Å². The quantitative estimate of drug-likeness (QED) is 0.781. The van der Waals surface area contributed by atoms with Crippen LogP contribution >= 0.6 is 0 Å². The number of nitrogens with two attached hydrogens (primary N) is 2. The van der Waals surface area contributed by atoms with Crippen LogP contribution in [0.2, 0.25) is 0 Å². The van der Waals surface area contributed by atoms with Gasteiger partial charge in [-0.05, 0) is 37.5 Å². The van der Waals surface area contributed by atoms with Gasteiger partial charge in [0.2, 0.25) is 5.91 Å². The number of anilines is 1. The van der Waals surface area contributed by atoms with Crippen molar-refractivity contribution < 1.29 is 9.59 Å². The summed E-state index contributed by atoms with van der Waals surface area (Å²) in [6, 6.07) is 7.31. The maximum Gasteiger partial charge on any atom is 0.322 e. The number of carbonyl (C=O) groups is 2. The monoisotopic (exact) mass is 290 g/mol. The van der Waals surface area contributed by atoms with Gasteiger partial charge in [-0.3, -0.25) is 4.79 Å². The second kappa shape index (κ2) is 6.58. The number of carbonyl (C=O) groups excluding carboxylic acids is 2. The Labute approximate surface area is 124 Å². The highest BCUT2D eigenvalue weighted by Crippen LogP contribution is 2.22. The summed E-state index contributed by atoms with van der Waals surface area (Å²) < 4.78 is 0. The van der Waals surface area contributed by atoms with Gasteiger partial charge >= 0.3 is 6.03 Å². The van der Waals surface area contributed by atoms with Gasteiger partial charge < -0.3 is 21.7 Å². The van der Waals surface area contributed by atoms with E-state index in [0.29, 0.717) is 18.8 Å². The van der Waals surface area contributed by atoms with Gasteiger partial charge in [-0.2, -0.15) is 0 Å². The van der Waals surface area contributed by atoms with Crippen LogP contribution in [0.4, 0.5) is 10.5 Å². The Bertz CT molecular complexity index is 532. The minimum atomic E-state index is -0.343. The average Bonchev–Trinajstić information content (AvgIpc) is 2.47. The van der Waals surface area contributed by atoms with E-state index in [4.69, 9.17) is 11.5 Å². The van der Waals surface area contributed by atoms with Crippen molar-refractivity contribution in [1.29, 1.82) is 0 Å². The number of nitrogens with zero attached hydrogens (tertiary/aromatic N) is 1. The Morgan fingerprint density at radius 3 is 2.81 bits per heavy atom. The van der Waals surface area contributed by atoms with E-state index >= 15 is 0 Å². The first-order valence-corrected chi connectivity index (χ1v) is 7.17. The van der Waals surface area contributed by atoms with E-state index in [1.165, 1.54) is 0 Å². The van der Waals surface area contributed by atoms with Crippen LogP contribution in [0.5, 0.6) is 0 Å². The van der Waals surface area contributed by atoms with Gasteiger partial charge in [0.05, 0.1) is 5.92 Å². The fourth-order valence-electron chi connectivity index (χ4n) is 2.59. The largest absolute Gasteiger partial charge is 0.369 e. The van der Waals surface area contributed by atoms with E-state index in [9.17, 15) is 9.59 Å². The lowest BCUT2D eigenvalue weighted by molar-refractivity contribution is -0.123. The smallest absolute Gasteiger partial charge is 0.322 e. The molecule has 0 aliphatic carbocycles. The summed E-state index contributed by atoms with van der Waals surface area (Å²) in [7, 11) is 0. The van der Waals surface area contributed by atoms with Crippen molar-refractivity contribution in [3.05, 3.63) is 29.8 Å². The highest BCUT2D eigenvalue weighted by atomic mass is 16.2. The number of urea groups is 1. The van der Waals surface area contributed by atoms with Crippen LogP contribution in [0, 0.1) is 5.92 Å². The summed E-state index contributed by atoms with van der Waals surface area (Å²) in [5.74, 6) is -0.604. The van der Waals surface area contributed by atoms with E-state index in [1.54, 1.807) is 4.90 Å². The van der Waals surface area contributed by atoms with Crippen molar-refractivity contribution >= 4 is 17.6 Å². The van der Waals surface area contributed by atoms with E-state index in [-0.39, 0.29) is 23.9 Å². The first kappa shape index (κ1) is 15.3. The molecule has 2 atom stereocenters. The molecule has 21 heavy (non-hydrogen) atoms. The molecule has 3 amide bonds. The highest BCUT2D eigenvalue weighted by Gasteiger charge is 2.31. The standard InChI is InChI=1S/C15H22N4O2/c1-10-5-6-12(14(17)20)9-19(10)15(21)18-13-4-2-3-11(7-13)8-16/h2-4,7,10,12H,5-6,8-9,16H2,1H3,(H2,17,20)(H,18,21). The summed E-state index contributed by atoms with van der Waals surface area (Å²) in [6.07, 6.45) is 1.52. The summed E-state index contributed by atoms with van der Waals surface area (Å²) in [5, 5.41) is 2.86. The minimum Gasteiger partial charge on any atom is -0.369 e. The van der Waals surface area contributed by atoms with Gasteiger partial charge in [0.1, 0.15) is 0 Å². The van der Waals surface area contributed by atoms with Crippen LogP contribution < -0.4 is 16.8 Å². The Hall–Kier alpha value is -2.08. The van der Waals surface area contributed by atoms with E-state index in [1.807, 2.05) is 31.2 Å². The second-order valence-electron chi connectivity index (χ2n) is 5.51. The van der Waals surface area contributed by atoms with Crippen LogP contribution in [0.15, 0.2) is 24.3 Å². The van der Waals surface area contributed by atoms with Gasteiger partial charge in [-0.1, -0.05) is 12.1 Å². The fraction of sp³-hybridized carbons (Fsp3) is 0.467. The Balaban J connectivity index is 2.05. The van der Waals surface area contributed by atoms with Crippen LogP contribution in [0.1, 0.15) is 25.3 Å². The van der Waals surface area contributed by atoms with Crippen LogP contribution in [0.25, 0.3) is 0 Å². The van der Waals surface area contributed by atoms with E-state index in [2.05, 4.69) is 5.32 Å². The molecule has 0 spiro atoms. The zero-order valence-electron chi connectivity index (χ0n) is 12.2. The summed E-state index contributed by atoms with van der Waals surface area (Å²) in [5.41, 5.74) is 12.6. The Morgan fingerprint density at radius 1 is 1.38 bits per heavy atom. The SMILES string of the molecule is CC1CCC(C(N)=O)CN1C(=O)Nc1cccc(CN)c1. The number of benzene rings is 1. The molecule has 0 aromatic heterocycles. The third-order valence-corrected chi connectivity index (χ3v) is 3.96. The zero-order chi connectivity index (χ0) is 15.4. The molecule has 0 radical (unpaired) electrons. The number of hydrogen-bond acceptors (Lipinski definition) is 3. The molecule has 1 aliphatic rings. The van der Waals surface area contributed by atoms with Gasteiger partial charge in [0.25, 0.3) is 0 Å².